The van der Waals surface area contributed by atoms with E-state index in [1.807, 2.05) is 26.0 Å². The van der Waals surface area contributed by atoms with Crippen LogP contribution in [0.1, 0.15) is 26.3 Å². The molecule has 180 valence electrons. The lowest BCUT2D eigenvalue weighted by Gasteiger charge is -2.31. The van der Waals surface area contributed by atoms with E-state index in [0.29, 0.717) is 18.0 Å². The van der Waals surface area contributed by atoms with Gasteiger partial charge in [-0.3, -0.25) is 13.9 Å². The average Bonchev–Trinajstić information content (AvgIpc) is 2.79. The molecule has 0 bridgehead atoms. The van der Waals surface area contributed by atoms with Gasteiger partial charge in [-0.05, 0) is 42.7 Å². The van der Waals surface area contributed by atoms with Crippen LogP contribution < -0.4 is 14.4 Å². The van der Waals surface area contributed by atoms with Crippen molar-refractivity contribution in [3.8, 4) is 5.75 Å². The molecular weight excluding hydrogens is 442 g/mol. The predicted molar refractivity (Wildman–Crippen MR) is 129 cm³/mol. The number of para-hydroxylation sites is 1. The van der Waals surface area contributed by atoms with Crippen molar-refractivity contribution in [2.75, 3.05) is 30.8 Å². The number of ether oxygens (including phenoxy) is 1. The van der Waals surface area contributed by atoms with Gasteiger partial charge in [0.05, 0.1) is 19.1 Å². The molecule has 0 aliphatic rings. The zero-order chi connectivity index (χ0) is 24.6. The van der Waals surface area contributed by atoms with E-state index in [1.54, 1.807) is 56.5 Å². The molecular formula is C24H33N3O5S. The van der Waals surface area contributed by atoms with Crippen LogP contribution >= 0.6 is 0 Å². The lowest BCUT2D eigenvalue weighted by atomic mass is 10.1. The minimum Gasteiger partial charge on any atom is -0.497 e. The van der Waals surface area contributed by atoms with Crippen LogP contribution in [0, 0.1) is 5.92 Å². The van der Waals surface area contributed by atoms with Gasteiger partial charge < -0.3 is 15.0 Å². The first-order valence-electron chi connectivity index (χ1n) is 10.8. The van der Waals surface area contributed by atoms with Crippen molar-refractivity contribution >= 4 is 27.5 Å². The van der Waals surface area contributed by atoms with E-state index in [1.165, 1.54) is 4.90 Å². The first-order chi connectivity index (χ1) is 15.5. The highest BCUT2D eigenvalue weighted by Crippen LogP contribution is 2.19. The summed E-state index contributed by atoms with van der Waals surface area (Å²) < 4.78 is 31.2. The number of carbonyl (C=O) groups is 2. The van der Waals surface area contributed by atoms with Gasteiger partial charge in [0.15, 0.2) is 0 Å². The second-order valence-electron chi connectivity index (χ2n) is 8.29. The Morgan fingerprint density at radius 2 is 1.61 bits per heavy atom. The van der Waals surface area contributed by atoms with Crippen LogP contribution in [0.15, 0.2) is 54.6 Å². The third-order valence-electron chi connectivity index (χ3n) is 5.09. The zero-order valence-electron chi connectivity index (χ0n) is 19.8. The number of hydrogen-bond donors (Lipinski definition) is 1. The Hall–Kier alpha value is -3.07. The number of nitrogens with zero attached hydrogens (tertiary/aromatic N) is 2. The number of carbonyl (C=O) groups excluding carboxylic acids is 2. The Morgan fingerprint density at radius 1 is 1.00 bits per heavy atom. The highest BCUT2D eigenvalue weighted by molar-refractivity contribution is 7.92. The maximum atomic E-state index is 13.4. The highest BCUT2D eigenvalue weighted by Gasteiger charge is 2.30. The maximum absolute atomic E-state index is 13.4. The monoisotopic (exact) mass is 475 g/mol. The van der Waals surface area contributed by atoms with Crippen molar-refractivity contribution < 1.29 is 22.7 Å². The van der Waals surface area contributed by atoms with Crippen molar-refractivity contribution in [3.63, 3.8) is 0 Å². The number of hydrogen-bond acceptors (Lipinski definition) is 5. The summed E-state index contributed by atoms with van der Waals surface area (Å²) in [6.45, 7) is 5.81. The summed E-state index contributed by atoms with van der Waals surface area (Å²) in [4.78, 5) is 27.6. The second-order valence-corrected chi connectivity index (χ2v) is 10.2. The van der Waals surface area contributed by atoms with E-state index >= 15 is 0 Å². The largest absolute Gasteiger partial charge is 0.497 e. The van der Waals surface area contributed by atoms with Crippen LogP contribution in [0.25, 0.3) is 0 Å². The number of amides is 2. The molecule has 0 fully saturated rings. The molecule has 0 saturated carbocycles. The summed E-state index contributed by atoms with van der Waals surface area (Å²) in [6, 6.07) is 14.8. The molecule has 0 aliphatic heterocycles. The van der Waals surface area contributed by atoms with Gasteiger partial charge in [0, 0.05) is 13.1 Å². The van der Waals surface area contributed by atoms with Gasteiger partial charge >= 0.3 is 0 Å². The molecule has 1 atom stereocenters. The van der Waals surface area contributed by atoms with Crippen molar-refractivity contribution in [1.82, 2.24) is 10.2 Å². The molecule has 0 aliphatic carbocycles. The Balaban J connectivity index is 2.33. The molecule has 0 saturated heterocycles. The average molecular weight is 476 g/mol. The van der Waals surface area contributed by atoms with Gasteiger partial charge in [0.1, 0.15) is 18.3 Å². The first-order valence-corrected chi connectivity index (χ1v) is 12.6. The predicted octanol–water partition coefficient (Wildman–Crippen LogP) is 2.65. The molecule has 8 nitrogen and oxygen atoms in total. The van der Waals surface area contributed by atoms with E-state index in [9.17, 15) is 18.0 Å². The summed E-state index contributed by atoms with van der Waals surface area (Å²) in [6.07, 6.45) is 1.06. The Labute approximate surface area is 196 Å². The van der Waals surface area contributed by atoms with E-state index in [4.69, 9.17) is 4.74 Å². The normalized spacial score (nSPS) is 12.2. The highest BCUT2D eigenvalue weighted by atomic mass is 32.2. The minimum absolute atomic E-state index is 0.144. The lowest BCUT2D eigenvalue weighted by Crippen LogP contribution is -2.51. The molecule has 2 aromatic carbocycles. The fourth-order valence-corrected chi connectivity index (χ4v) is 4.02. The lowest BCUT2D eigenvalue weighted by molar-refractivity contribution is -0.139. The van der Waals surface area contributed by atoms with Gasteiger partial charge in [-0.15, -0.1) is 0 Å². The van der Waals surface area contributed by atoms with Gasteiger partial charge in [0.2, 0.25) is 21.8 Å². The minimum atomic E-state index is -3.73. The smallest absolute Gasteiger partial charge is 0.244 e. The van der Waals surface area contributed by atoms with Gasteiger partial charge in [0.25, 0.3) is 0 Å². The van der Waals surface area contributed by atoms with Crippen LogP contribution in [0.5, 0.6) is 5.75 Å². The Bertz CT molecular complexity index is 1020. The van der Waals surface area contributed by atoms with Gasteiger partial charge in [-0.1, -0.05) is 44.2 Å². The molecule has 0 aromatic heterocycles. The number of benzene rings is 2. The Morgan fingerprint density at radius 3 is 2.12 bits per heavy atom. The van der Waals surface area contributed by atoms with E-state index in [0.717, 1.165) is 16.1 Å². The summed E-state index contributed by atoms with van der Waals surface area (Å²) in [7, 11) is -2.16. The molecule has 1 unspecified atom stereocenters. The third kappa shape index (κ3) is 7.78. The molecule has 0 radical (unpaired) electrons. The maximum Gasteiger partial charge on any atom is 0.244 e. The van der Waals surface area contributed by atoms with Crippen molar-refractivity contribution in [2.45, 2.75) is 33.4 Å². The molecule has 2 amide bonds. The zero-order valence-corrected chi connectivity index (χ0v) is 20.6. The summed E-state index contributed by atoms with van der Waals surface area (Å²) in [5.41, 5.74) is 1.17. The summed E-state index contributed by atoms with van der Waals surface area (Å²) in [5, 5.41) is 2.85. The number of sulfonamides is 1. The van der Waals surface area contributed by atoms with Crippen LogP contribution in [-0.2, 0) is 26.2 Å². The fourth-order valence-electron chi connectivity index (χ4n) is 3.17. The van der Waals surface area contributed by atoms with Crippen molar-refractivity contribution in [1.29, 1.82) is 0 Å². The molecule has 2 aromatic rings. The molecule has 33 heavy (non-hydrogen) atoms. The fraction of sp³-hybridized carbons (Fsp3) is 0.417. The SMILES string of the molecule is COc1ccc(CN(C(=O)CN(c2ccccc2)S(C)(=O)=O)C(C)C(=O)NCC(C)C)cc1. The van der Waals surface area contributed by atoms with Gasteiger partial charge in [-0.2, -0.15) is 0 Å². The molecule has 0 spiro atoms. The van der Waals surface area contributed by atoms with Gasteiger partial charge in [-0.25, -0.2) is 8.42 Å². The molecule has 0 heterocycles. The number of rotatable bonds is 11. The van der Waals surface area contributed by atoms with Crippen LogP contribution in [0.4, 0.5) is 5.69 Å². The Kier molecular flexibility index (Phi) is 9.28. The van der Waals surface area contributed by atoms with E-state index in [2.05, 4.69) is 5.32 Å². The molecule has 1 N–H and O–H groups in total. The van der Waals surface area contributed by atoms with E-state index in [-0.39, 0.29) is 18.4 Å². The standard InChI is InChI=1S/C24H33N3O5S/c1-18(2)15-25-24(29)19(3)26(16-20-11-13-22(32-4)14-12-20)23(28)17-27(33(5,30)31)21-9-7-6-8-10-21/h6-14,18-19H,15-17H2,1-5H3,(H,25,29). The first kappa shape index (κ1) is 26.2. The van der Waals surface area contributed by atoms with Crippen molar-refractivity contribution in [3.05, 3.63) is 60.2 Å². The molecule has 9 heteroatoms. The quantitative estimate of drug-likeness (QED) is 0.539. The number of anilines is 1. The molecule has 2 rings (SSSR count). The van der Waals surface area contributed by atoms with Crippen LogP contribution in [0.2, 0.25) is 0 Å². The topological polar surface area (TPSA) is 96.0 Å². The number of nitrogens with one attached hydrogen (secondary N) is 1. The third-order valence-corrected chi connectivity index (χ3v) is 6.23. The van der Waals surface area contributed by atoms with Crippen molar-refractivity contribution in [2.24, 2.45) is 5.92 Å². The second kappa shape index (κ2) is 11.7. The number of methoxy groups -OCH3 is 1. The summed E-state index contributed by atoms with van der Waals surface area (Å²) >= 11 is 0. The van der Waals surface area contributed by atoms with Crippen LogP contribution in [-0.4, -0.2) is 57.6 Å². The van der Waals surface area contributed by atoms with Crippen LogP contribution in [0.3, 0.4) is 0 Å². The summed E-state index contributed by atoms with van der Waals surface area (Å²) in [5.74, 6) is 0.154. The van der Waals surface area contributed by atoms with E-state index < -0.39 is 28.5 Å².